The van der Waals surface area contributed by atoms with E-state index in [0.717, 1.165) is 34.3 Å². The normalized spacial score (nSPS) is 16.8. The SMILES string of the molecule is C=CC(=O)N1CC[C@@H](n2c(C)c(-c3ccc(Cl)cc3)c3c(N)ncnc32)C1. The molecule has 1 aliphatic rings. The van der Waals surface area contributed by atoms with Crippen molar-refractivity contribution in [3.05, 3.63) is 54.0 Å². The van der Waals surface area contributed by atoms with Crippen molar-refractivity contribution in [2.45, 2.75) is 19.4 Å². The lowest BCUT2D eigenvalue weighted by Gasteiger charge is -2.18. The topological polar surface area (TPSA) is 77.0 Å². The molecule has 0 spiro atoms. The van der Waals surface area contributed by atoms with Crippen molar-refractivity contribution < 1.29 is 4.79 Å². The zero-order valence-corrected chi connectivity index (χ0v) is 15.8. The third-order valence-electron chi connectivity index (χ3n) is 5.21. The quantitative estimate of drug-likeness (QED) is 0.703. The van der Waals surface area contributed by atoms with Gasteiger partial charge in [-0.2, -0.15) is 0 Å². The van der Waals surface area contributed by atoms with Crippen LogP contribution < -0.4 is 5.73 Å². The molecule has 1 saturated heterocycles. The number of hydrogen-bond donors (Lipinski definition) is 1. The number of nitrogens with two attached hydrogens (primary N) is 1. The van der Waals surface area contributed by atoms with Crippen LogP contribution in [0.3, 0.4) is 0 Å². The Morgan fingerprint density at radius 1 is 1.33 bits per heavy atom. The average molecular weight is 382 g/mol. The Balaban J connectivity index is 1.89. The summed E-state index contributed by atoms with van der Waals surface area (Å²) in [5, 5.41) is 1.52. The molecule has 0 saturated carbocycles. The minimum Gasteiger partial charge on any atom is -0.383 e. The van der Waals surface area contributed by atoms with Crippen LogP contribution in [-0.4, -0.2) is 38.4 Å². The lowest BCUT2D eigenvalue weighted by molar-refractivity contribution is -0.125. The second kappa shape index (κ2) is 6.70. The molecule has 0 radical (unpaired) electrons. The van der Waals surface area contributed by atoms with Crippen molar-refractivity contribution >= 4 is 34.4 Å². The number of hydrogen-bond acceptors (Lipinski definition) is 4. The molecule has 0 aliphatic carbocycles. The maximum absolute atomic E-state index is 12.0. The van der Waals surface area contributed by atoms with Crippen LogP contribution >= 0.6 is 11.6 Å². The monoisotopic (exact) mass is 381 g/mol. The number of fused-ring (bicyclic) bond motifs is 1. The van der Waals surface area contributed by atoms with Crippen LogP contribution in [0.25, 0.3) is 22.2 Å². The fraction of sp³-hybridized carbons (Fsp3) is 0.250. The van der Waals surface area contributed by atoms with Crippen LogP contribution in [0.15, 0.2) is 43.2 Å². The molecule has 2 N–H and O–H groups in total. The van der Waals surface area contributed by atoms with Crippen molar-refractivity contribution in [2.24, 2.45) is 0 Å². The molecule has 0 bridgehead atoms. The number of benzene rings is 1. The summed E-state index contributed by atoms with van der Waals surface area (Å²) in [6.07, 6.45) is 3.71. The Hall–Kier alpha value is -2.86. The van der Waals surface area contributed by atoms with E-state index >= 15 is 0 Å². The van der Waals surface area contributed by atoms with Crippen molar-refractivity contribution in [3.63, 3.8) is 0 Å². The summed E-state index contributed by atoms with van der Waals surface area (Å²) in [6.45, 7) is 6.97. The zero-order chi connectivity index (χ0) is 19.1. The number of anilines is 1. The summed E-state index contributed by atoms with van der Waals surface area (Å²) >= 11 is 6.06. The number of aromatic nitrogens is 3. The highest BCUT2D eigenvalue weighted by Gasteiger charge is 2.30. The van der Waals surface area contributed by atoms with Crippen LogP contribution in [-0.2, 0) is 4.79 Å². The highest BCUT2D eigenvalue weighted by molar-refractivity contribution is 6.30. The summed E-state index contributed by atoms with van der Waals surface area (Å²) in [4.78, 5) is 22.5. The van der Waals surface area contributed by atoms with Gasteiger partial charge in [-0.3, -0.25) is 4.79 Å². The number of amides is 1. The van der Waals surface area contributed by atoms with E-state index in [4.69, 9.17) is 17.3 Å². The Morgan fingerprint density at radius 3 is 2.78 bits per heavy atom. The molecular formula is C20H20ClN5O. The van der Waals surface area contributed by atoms with Gasteiger partial charge in [0, 0.05) is 29.4 Å². The molecule has 2 aromatic heterocycles. The summed E-state index contributed by atoms with van der Waals surface area (Å²) in [6, 6.07) is 7.80. The van der Waals surface area contributed by atoms with Gasteiger partial charge in [0.1, 0.15) is 17.8 Å². The number of carbonyl (C=O) groups excluding carboxylic acids is 1. The summed E-state index contributed by atoms with van der Waals surface area (Å²) in [5.74, 6) is 0.405. The van der Waals surface area contributed by atoms with Crippen LogP contribution in [0.5, 0.6) is 0 Å². The smallest absolute Gasteiger partial charge is 0.246 e. The van der Waals surface area contributed by atoms with Crippen molar-refractivity contribution in [3.8, 4) is 11.1 Å². The number of rotatable bonds is 3. The van der Waals surface area contributed by atoms with Gasteiger partial charge in [0.25, 0.3) is 0 Å². The first-order valence-corrected chi connectivity index (χ1v) is 9.17. The molecule has 27 heavy (non-hydrogen) atoms. The minimum absolute atomic E-state index is 0.0429. The van der Waals surface area contributed by atoms with E-state index in [1.165, 1.54) is 12.4 Å². The lowest BCUT2D eigenvalue weighted by atomic mass is 10.0. The summed E-state index contributed by atoms with van der Waals surface area (Å²) in [5.41, 5.74) is 10.1. The van der Waals surface area contributed by atoms with Gasteiger partial charge in [0.2, 0.25) is 5.91 Å². The predicted octanol–water partition coefficient (Wildman–Crippen LogP) is 3.60. The molecule has 1 fully saturated rings. The van der Waals surface area contributed by atoms with E-state index in [1.54, 1.807) is 0 Å². The van der Waals surface area contributed by atoms with E-state index in [0.29, 0.717) is 23.9 Å². The Bertz CT molecular complexity index is 1040. The molecule has 1 aliphatic heterocycles. The van der Waals surface area contributed by atoms with Gasteiger partial charge in [0.15, 0.2) is 0 Å². The molecule has 3 heterocycles. The summed E-state index contributed by atoms with van der Waals surface area (Å²) < 4.78 is 2.19. The van der Waals surface area contributed by atoms with E-state index in [9.17, 15) is 4.79 Å². The number of nitrogens with zero attached hydrogens (tertiary/aromatic N) is 4. The maximum Gasteiger partial charge on any atom is 0.246 e. The highest BCUT2D eigenvalue weighted by Crippen LogP contribution is 2.39. The van der Waals surface area contributed by atoms with Crippen molar-refractivity contribution in [1.29, 1.82) is 0 Å². The van der Waals surface area contributed by atoms with Gasteiger partial charge in [-0.1, -0.05) is 30.3 Å². The van der Waals surface area contributed by atoms with E-state index in [1.807, 2.05) is 29.2 Å². The Labute approximate surface area is 162 Å². The average Bonchev–Trinajstić information content (AvgIpc) is 3.25. The highest BCUT2D eigenvalue weighted by atomic mass is 35.5. The number of likely N-dealkylation sites (tertiary alicyclic amines) is 1. The number of halogens is 1. The molecule has 1 amide bonds. The fourth-order valence-corrected chi connectivity index (χ4v) is 4.10. The number of carbonyl (C=O) groups is 1. The van der Waals surface area contributed by atoms with Gasteiger partial charge in [-0.05, 0) is 37.1 Å². The first-order valence-electron chi connectivity index (χ1n) is 8.79. The molecule has 0 unspecified atom stereocenters. The van der Waals surface area contributed by atoms with Gasteiger partial charge >= 0.3 is 0 Å². The van der Waals surface area contributed by atoms with Gasteiger partial charge in [-0.25, -0.2) is 9.97 Å². The molecular weight excluding hydrogens is 362 g/mol. The zero-order valence-electron chi connectivity index (χ0n) is 15.0. The van der Waals surface area contributed by atoms with Crippen molar-refractivity contribution in [1.82, 2.24) is 19.4 Å². The molecule has 1 atom stereocenters. The third kappa shape index (κ3) is 2.86. The van der Waals surface area contributed by atoms with Crippen LogP contribution in [0.2, 0.25) is 5.02 Å². The Morgan fingerprint density at radius 2 is 2.07 bits per heavy atom. The van der Waals surface area contributed by atoms with Crippen LogP contribution in [0.1, 0.15) is 18.2 Å². The maximum atomic E-state index is 12.0. The fourth-order valence-electron chi connectivity index (χ4n) is 3.97. The van der Waals surface area contributed by atoms with Gasteiger partial charge < -0.3 is 15.2 Å². The van der Waals surface area contributed by atoms with Crippen molar-refractivity contribution in [2.75, 3.05) is 18.8 Å². The van der Waals surface area contributed by atoms with E-state index in [2.05, 4.69) is 28.0 Å². The van der Waals surface area contributed by atoms with E-state index in [-0.39, 0.29) is 11.9 Å². The summed E-state index contributed by atoms with van der Waals surface area (Å²) in [7, 11) is 0. The van der Waals surface area contributed by atoms with Crippen LogP contribution in [0.4, 0.5) is 5.82 Å². The van der Waals surface area contributed by atoms with E-state index < -0.39 is 0 Å². The third-order valence-corrected chi connectivity index (χ3v) is 5.46. The standard InChI is InChI=1S/C20H20ClN5O/c1-3-16(27)25-9-8-15(10-25)26-12(2)17(13-4-6-14(21)7-5-13)18-19(22)23-11-24-20(18)26/h3-7,11,15H,1,8-10H2,2H3,(H2,22,23,24)/t15-/m1/s1. The minimum atomic E-state index is -0.0429. The molecule has 138 valence electrons. The molecule has 6 nitrogen and oxygen atoms in total. The van der Waals surface area contributed by atoms with Gasteiger partial charge in [-0.15, -0.1) is 0 Å². The second-order valence-electron chi connectivity index (χ2n) is 6.73. The largest absolute Gasteiger partial charge is 0.383 e. The second-order valence-corrected chi connectivity index (χ2v) is 7.16. The first-order chi connectivity index (χ1) is 13.0. The van der Waals surface area contributed by atoms with Crippen LogP contribution in [0, 0.1) is 6.92 Å². The molecule has 4 rings (SSSR count). The molecule has 7 heteroatoms. The Kier molecular flexibility index (Phi) is 4.36. The lowest BCUT2D eigenvalue weighted by Crippen LogP contribution is -2.27. The van der Waals surface area contributed by atoms with Gasteiger partial charge in [0.05, 0.1) is 11.4 Å². The predicted molar refractivity (Wildman–Crippen MR) is 108 cm³/mol. The first kappa shape index (κ1) is 17.5. The number of nitrogen functional groups attached to an aromatic ring is 1. The molecule has 1 aromatic carbocycles. The molecule has 3 aromatic rings.